The van der Waals surface area contributed by atoms with E-state index in [-0.39, 0.29) is 19.0 Å². The van der Waals surface area contributed by atoms with E-state index in [0.29, 0.717) is 32.7 Å². The monoisotopic (exact) mass is 239 g/mol. The number of rotatable bonds is 4. The fraction of sp³-hybridized carbons (Fsp3) is 0.636. The van der Waals surface area contributed by atoms with Crippen LogP contribution in [0.1, 0.15) is 6.42 Å². The molecule has 1 saturated heterocycles. The van der Waals surface area contributed by atoms with E-state index in [1.165, 1.54) is 0 Å². The van der Waals surface area contributed by atoms with E-state index in [4.69, 9.17) is 11.5 Å². The number of aliphatic carboxylic acids is 1. The maximum atomic E-state index is 11.5. The van der Waals surface area contributed by atoms with Crippen LogP contribution in [0.2, 0.25) is 0 Å². The Morgan fingerprint density at radius 1 is 1.29 bits per heavy atom. The van der Waals surface area contributed by atoms with Crippen LogP contribution in [-0.4, -0.2) is 66.2 Å². The largest absolute Gasteiger partial charge is 0.481 e. The highest BCUT2D eigenvalue weighted by molar-refractivity contribution is 5.74. The molecule has 2 amide bonds. The third-order valence-corrected chi connectivity index (χ3v) is 2.64. The maximum Gasteiger partial charge on any atom is 0.318 e. The van der Waals surface area contributed by atoms with Crippen LogP contribution in [0.5, 0.6) is 0 Å². The van der Waals surface area contributed by atoms with Gasteiger partial charge in [-0.25, -0.2) is 4.79 Å². The van der Waals surface area contributed by atoms with Gasteiger partial charge in [-0.1, -0.05) is 5.92 Å². The Balaban J connectivity index is 2.23. The number of carboxylic acid groups (broad SMARTS) is 1. The van der Waals surface area contributed by atoms with Crippen LogP contribution in [0, 0.1) is 12.3 Å². The molecule has 0 saturated carbocycles. The number of hydrogen-bond donors (Lipinski definition) is 2. The van der Waals surface area contributed by atoms with E-state index in [9.17, 15) is 9.59 Å². The molecule has 0 atom stereocenters. The molecular weight excluding hydrogens is 222 g/mol. The number of nitrogens with zero attached hydrogens (tertiary/aromatic N) is 2. The first kappa shape index (κ1) is 13.3. The number of piperazine rings is 1. The Morgan fingerprint density at radius 2 is 1.94 bits per heavy atom. The van der Waals surface area contributed by atoms with Crippen LogP contribution in [-0.2, 0) is 4.79 Å². The van der Waals surface area contributed by atoms with E-state index in [1.807, 2.05) is 4.90 Å². The van der Waals surface area contributed by atoms with Crippen molar-refractivity contribution in [2.75, 3.05) is 39.3 Å². The number of amides is 2. The van der Waals surface area contributed by atoms with Crippen molar-refractivity contribution in [2.45, 2.75) is 6.42 Å². The predicted octanol–water partition coefficient (Wildman–Crippen LogP) is -0.578. The van der Waals surface area contributed by atoms with Crippen molar-refractivity contribution in [3.05, 3.63) is 0 Å². The van der Waals surface area contributed by atoms with Gasteiger partial charge in [0, 0.05) is 32.7 Å². The minimum atomic E-state index is -0.792. The first-order valence-electron chi connectivity index (χ1n) is 5.54. The summed E-state index contributed by atoms with van der Waals surface area (Å²) >= 11 is 0. The lowest BCUT2D eigenvalue weighted by molar-refractivity contribution is -0.137. The molecule has 0 aliphatic carbocycles. The molecule has 1 aliphatic rings. The van der Waals surface area contributed by atoms with Crippen molar-refractivity contribution in [1.29, 1.82) is 0 Å². The summed E-state index contributed by atoms with van der Waals surface area (Å²) in [4.78, 5) is 25.7. The van der Waals surface area contributed by atoms with Crippen LogP contribution in [0.3, 0.4) is 0 Å². The summed E-state index contributed by atoms with van der Waals surface area (Å²) in [6, 6.07) is -0.152. The first-order chi connectivity index (χ1) is 8.13. The van der Waals surface area contributed by atoms with Gasteiger partial charge in [-0.3, -0.25) is 9.69 Å². The highest BCUT2D eigenvalue weighted by Gasteiger charge is 2.20. The molecule has 1 rings (SSSR count). The molecule has 0 radical (unpaired) electrons. The van der Waals surface area contributed by atoms with Gasteiger partial charge in [-0.15, -0.1) is 6.42 Å². The third-order valence-electron chi connectivity index (χ3n) is 2.64. The quantitative estimate of drug-likeness (QED) is 0.644. The molecule has 0 aromatic heterocycles. The molecule has 2 N–H and O–H groups in total. The van der Waals surface area contributed by atoms with Gasteiger partial charge in [-0.05, 0) is 0 Å². The Labute approximate surface area is 101 Å². The van der Waals surface area contributed by atoms with Gasteiger partial charge in [0.2, 0.25) is 0 Å². The van der Waals surface area contributed by atoms with Crippen molar-refractivity contribution >= 4 is 12.0 Å². The molecular formula is C11H17N3O3. The highest BCUT2D eigenvalue weighted by atomic mass is 16.4. The summed E-state index contributed by atoms with van der Waals surface area (Å²) in [7, 11) is 0. The number of urea groups is 1. The van der Waals surface area contributed by atoms with Crippen LogP contribution >= 0.6 is 0 Å². The zero-order valence-corrected chi connectivity index (χ0v) is 9.69. The molecule has 0 unspecified atom stereocenters. The van der Waals surface area contributed by atoms with Gasteiger partial charge in [-0.2, -0.15) is 0 Å². The Bertz CT molecular complexity index is 316. The Hall–Kier alpha value is -1.74. The smallest absolute Gasteiger partial charge is 0.318 e. The maximum absolute atomic E-state index is 11.5. The molecule has 0 spiro atoms. The molecule has 0 aromatic rings. The van der Waals surface area contributed by atoms with Crippen molar-refractivity contribution < 1.29 is 14.7 Å². The van der Waals surface area contributed by atoms with Crippen molar-refractivity contribution in [3.8, 4) is 12.3 Å². The van der Waals surface area contributed by atoms with E-state index in [2.05, 4.69) is 11.2 Å². The van der Waals surface area contributed by atoms with Crippen molar-refractivity contribution in [2.24, 2.45) is 0 Å². The SMILES string of the molecule is C#CCNC(=O)N1CCN(CCC(=O)O)CC1. The summed E-state index contributed by atoms with van der Waals surface area (Å²) in [5.41, 5.74) is 0. The minimum Gasteiger partial charge on any atom is -0.481 e. The molecule has 17 heavy (non-hydrogen) atoms. The highest BCUT2D eigenvalue weighted by Crippen LogP contribution is 2.02. The second-order valence-corrected chi connectivity index (χ2v) is 3.84. The standard InChI is InChI=1S/C11H17N3O3/c1-2-4-12-11(17)14-8-6-13(7-9-14)5-3-10(15)16/h1H,3-9H2,(H,12,17)(H,15,16). The Morgan fingerprint density at radius 3 is 2.47 bits per heavy atom. The number of carbonyl (C=O) groups is 2. The van der Waals surface area contributed by atoms with Gasteiger partial charge in [0.1, 0.15) is 0 Å². The van der Waals surface area contributed by atoms with Gasteiger partial charge < -0.3 is 15.3 Å². The van der Waals surface area contributed by atoms with Gasteiger partial charge >= 0.3 is 12.0 Å². The average Bonchev–Trinajstić information content (AvgIpc) is 2.34. The number of terminal acetylenes is 1. The Kier molecular flexibility index (Phi) is 5.30. The van der Waals surface area contributed by atoms with E-state index >= 15 is 0 Å². The molecule has 6 nitrogen and oxygen atoms in total. The summed E-state index contributed by atoms with van der Waals surface area (Å²) in [5.74, 6) is 1.55. The van der Waals surface area contributed by atoms with E-state index < -0.39 is 5.97 Å². The zero-order chi connectivity index (χ0) is 12.7. The number of nitrogens with one attached hydrogen (secondary N) is 1. The molecule has 0 bridgehead atoms. The third kappa shape index (κ3) is 4.74. The van der Waals surface area contributed by atoms with Crippen molar-refractivity contribution in [1.82, 2.24) is 15.1 Å². The molecule has 0 aromatic carbocycles. The number of carbonyl (C=O) groups excluding carboxylic acids is 1. The predicted molar refractivity (Wildman–Crippen MR) is 62.5 cm³/mol. The lowest BCUT2D eigenvalue weighted by Crippen LogP contribution is -2.52. The number of carboxylic acids is 1. The first-order valence-corrected chi connectivity index (χ1v) is 5.54. The lowest BCUT2D eigenvalue weighted by atomic mass is 10.3. The normalized spacial score (nSPS) is 16.3. The summed E-state index contributed by atoms with van der Waals surface area (Å²) in [6.07, 6.45) is 5.19. The van der Waals surface area contributed by atoms with Crippen molar-refractivity contribution in [3.63, 3.8) is 0 Å². The second kappa shape index (κ2) is 6.76. The van der Waals surface area contributed by atoms with Crippen LogP contribution in [0.15, 0.2) is 0 Å². The van der Waals surface area contributed by atoms with Crippen LogP contribution in [0.25, 0.3) is 0 Å². The average molecular weight is 239 g/mol. The van der Waals surface area contributed by atoms with Gasteiger partial charge in [0.25, 0.3) is 0 Å². The molecule has 1 heterocycles. The summed E-state index contributed by atoms with van der Waals surface area (Å²) < 4.78 is 0. The minimum absolute atomic E-state index is 0.142. The fourth-order valence-electron chi connectivity index (χ4n) is 1.67. The molecule has 1 fully saturated rings. The summed E-state index contributed by atoms with van der Waals surface area (Å²) in [5, 5.41) is 11.2. The zero-order valence-electron chi connectivity index (χ0n) is 9.69. The molecule has 94 valence electrons. The summed E-state index contributed by atoms with van der Waals surface area (Å²) in [6.45, 7) is 3.40. The lowest BCUT2D eigenvalue weighted by Gasteiger charge is -2.34. The van der Waals surface area contributed by atoms with Crippen LogP contribution in [0.4, 0.5) is 4.79 Å². The van der Waals surface area contributed by atoms with Gasteiger partial charge in [0.05, 0.1) is 13.0 Å². The molecule has 6 heteroatoms. The van der Waals surface area contributed by atoms with E-state index in [0.717, 1.165) is 0 Å². The molecule has 1 aliphatic heterocycles. The number of hydrogen-bond acceptors (Lipinski definition) is 3. The second-order valence-electron chi connectivity index (χ2n) is 3.84. The van der Waals surface area contributed by atoms with E-state index in [1.54, 1.807) is 4.90 Å². The van der Waals surface area contributed by atoms with Crippen LogP contribution < -0.4 is 5.32 Å². The van der Waals surface area contributed by atoms with Gasteiger partial charge in [0.15, 0.2) is 0 Å². The fourth-order valence-corrected chi connectivity index (χ4v) is 1.67. The topological polar surface area (TPSA) is 72.9 Å².